The fourth-order valence-electron chi connectivity index (χ4n) is 2.85. The van der Waals surface area contributed by atoms with Crippen LogP contribution in [0.4, 0.5) is 14.9 Å². The molecule has 0 aromatic heterocycles. The summed E-state index contributed by atoms with van der Waals surface area (Å²) in [4.78, 5) is 14.3. The number of hydrogen-bond acceptors (Lipinski definition) is 2. The molecule has 1 aliphatic rings. The number of carbonyl (C=O) groups excluding carboxylic acids is 1. The number of urea groups is 1. The summed E-state index contributed by atoms with van der Waals surface area (Å²) in [5, 5.41) is 2.68. The highest BCUT2D eigenvalue weighted by molar-refractivity contribution is 5.89. The first-order valence-electron chi connectivity index (χ1n) is 7.69. The third-order valence-electron chi connectivity index (χ3n) is 4.02. The van der Waals surface area contributed by atoms with E-state index in [1.54, 1.807) is 18.2 Å². The normalized spacial score (nSPS) is 21.9. The van der Waals surface area contributed by atoms with Crippen LogP contribution in [0.5, 0.6) is 0 Å². The van der Waals surface area contributed by atoms with Crippen molar-refractivity contribution in [2.24, 2.45) is 5.73 Å². The number of hydrogen-bond donors (Lipinski definition) is 2. The Morgan fingerprint density at radius 3 is 2.62 bits per heavy atom. The number of carbonyl (C=O) groups is 1. The molecule has 2 rings (SSSR count). The summed E-state index contributed by atoms with van der Waals surface area (Å²) in [7, 11) is 0. The Kier molecular flexibility index (Phi) is 5.56. The predicted molar refractivity (Wildman–Crippen MR) is 82.6 cm³/mol. The van der Waals surface area contributed by atoms with Crippen LogP contribution < -0.4 is 11.1 Å². The van der Waals surface area contributed by atoms with Gasteiger partial charge in [0, 0.05) is 18.6 Å². The lowest BCUT2D eigenvalue weighted by molar-refractivity contribution is 0.163. The molecule has 1 saturated carbocycles. The van der Waals surface area contributed by atoms with Crippen molar-refractivity contribution in [1.29, 1.82) is 0 Å². The molecule has 3 N–H and O–H groups in total. The lowest BCUT2D eigenvalue weighted by atomic mass is 9.91. The van der Waals surface area contributed by atoms with Gasteiger partial charge in [0.1, 0.15) is 5.82 Å². The molecule has 0 aliphatic heterocycles. The molecule has 1 aliphatic carbocycles. The maximum Gasteiger partial charge on any atom is 0.322 e. The van der Waals surface area contributed by atoms with E-state index in [9.17, 15) is 9.18 Å². The minimum absolute atomic E-state index is 0.205. The highest BCUT2D eigenvalue weighted by Crippen LogP contribution is 2.23. The molecule has 4 nitrogen and oxygen atoms in total. The number of para-hydroxylation sites is 1. The number of nitrogens with one attached hydrogen (secondary N) is 1. The number of anilines is 1. The molecule has 0 atom stereocenters. The zero-order valence-corrected chi connectivity index (χ0v) is 12.5. The van der Waals surface area contributed by atoms with Crippen LogP contribution in [0.15, 0.2) is 24.3 Å². The number of nitrogens with zero attached hydrogens (tertiary/aromatic N) is 1. The van der Waals surface area contributed by atoms with Crippen LogP contribution in [0.1, 0.15) is 39.0 Å². The third kappa shape index (κ3) is 4.17. The van der Waals surface area contributed by atoms with Crippen LogP contribution >= 0.6 is 0 Å². The Labute approximate surface area is 125 Å². The lowest BCUT2D eigenvalue weighted by Gasteiger charge is -2.36. The monoisotopic (exact) mass is 293 g/mol. The average Bonchev–Trinajstić information content (AvgIpc) is 2.48. The number of benzene rings is 1. The molecule has 1 aromatic rings. The van der Waals surface area contributed by atoms with Gasteiger partial charge in [0.2, 0.25) is 0 Å². The summed E-state index contributed by atoms with van der Waals surface area (Å²) >= 11 is 0. The topological polar surface area (TPSA) is 58.4 Å². The van der Waals surface area contributed by atoms with Crippen molar-refractivity contribution in [3.63, 3.8) is 0 Å². The van der Waals surface area contributed by atoms with Crippen molar-refractivity contribution >= 4 is 11.7 Å². The zero-order chi connectivity index (χ0) is 15.2. The van der Waals surface area contributed by atoms with Crippen molar-refractivity contribution in [3.05, 3.63) is 30.1 Å². The van der Waals surface area contributed by atoms with Gasteiger partial charge >= 0.3 is 6.03 Å². The van der Waals surface area contributed by atoms with Gasteiger partial charge in [-0.3, -0.25) is 0 Å². The minimum atomic E-state index is -0.409. The quantitative estimate of drug-likeness (QED) is 0.894. The Morgan fingerprint density at radius 2 is 2.00 bits per heavy atom. The molecule has 1 fully saturated rings. The fraction of sp³-hybridized carbons (Fsp3) is 0.562. The van der Waals surface area contributed by atoms with E-state index in [-0.39, 0.29) is 23.8 Å². The van der Waals surface area contributed by atoms with Crippen LogP contribution in [-0.2, 0) is 0 Å². The zero-order valence-electron chi connectivity index (χ0n) is 12.5. The molecule has 2 amide bonds. The predicted octanol–water partition coefficient (Wildman–Crippen LogP) is 3.34. The van der Waals surface area contributed by atoms with E-state index in [1.165, 1.54) is 6.07 Å². The first kappa shape index (κ1) is 15.8. The summed E-state index contributed by atoms with van der Waals surface area (Å²) in [6.07, 6.45) is 4.61. The smallest absolute Gasteiger partial charge is 0.322 e. The van der Waals surface area contributed by atoms with Crippen LogP contribution in [-0.4, -0.2) is 29.6 Å². The molecule has 0 heterocycles. The highest BCUT2D eigenvalue weighted by atomic mass is 19.1. The standard InChI is InChI=1S/C16H24FN3O/c1-2-11-20(13-9-7-12(18)8-10-13)16(21)19-15-6-4-3-5-14(15)17/h3-6,12-13H,2,7-11,18H2,1H3,(H,19,21). The van der Waals surface area contributed by atoms with Crippen LogP contribution in [0, 0.1) is 5.82 Å². The van der Waals surface area contributed by atoms with E-state index < -0.39 is 5.82 Å². The first-order valence-corrected chi connectivity index (χ1v) is 7.69. The summed E-state index contributed by atoms with van der Waals surface area (Å²) in [5.74, 6) is -0.409. The number of nitrogens with two attached hydrogens (primary N) is 1. The second-order valence-electron chi connectivity index (χ2n) is 5.67. The maximum absolute atomic E-state index is 13.6. The van der Waals surface area contributed by atoms with Crippen molar-refractivity contribution in [2.75, 3.05) is 11.9 Å². The van der Waals surface area contributed by atoms with Gasteiger partial charge in [-0.15, -0.1) is 0 Å². The Hall–Kier alpha value is -1.62. The SMILES string of the molecule is CCCN(C(=O)Nc1ccccc1F)C1CCC(N)CC1. The van der Waals surface area contributed by atoms with E-state index in [0.717, 1.165) is 32.1 Å². The van der Waals surface area contributed by atoms with Gasteiger partial charge in [-0.05, 0) is 44.2 Å². The van der Waals surface area contributed by atoms with Gasteiger partial charge in [0.05, 0.1) is 5.69 Å². The van der Waals surface area contributed by atoms with Gasteiger partial charge < -0.3 is 16.0 Å². The number of halogens is 1. The molecule has 1 aromatic carbocycles. The molecule has 0 radical (unpaired) electrons. The summed E-state index contributed by atoms with van der Waals surface area (Å²) in [6.45, 7) is 2.72. The highest BCUT2D eigenvalue weighted by Gasteiger charge is 2.27. The van der Waals surface area contributed by atoms with Gasteiger partial charge in [-0.25, -0.2) is 9.18 Å². The molecule has 116 valence electrons. The van der Waals surface area contributed by atoms with Crippen molar-refractivity contribution in [3.8, 4) is 0 Å². The van der Waals surface area contributed by atoms with Crippen LogP contribution in [0.2, 0.25) is 0 Å². The van der Waals surface area contributed by atoms with Crippen molar-refractivity contribution < 1.29 is 9.18 Å². The molecule has 5 heteroatoms. The summed E-state index contributed by atoms with van der Waals surface area (Å²) in [6, 6.07) is 6.48. The molecular formula is C16H24FN3O. The second kappa shape index (κ2) is 7.41. The van der Waals surface area contributed by atoms with Crippen LogP contribution in [0.3, 0.4) is 0 Å². The van der Waals surface area contributed by atoms with E-state index >= 15 is 0 Å². The van der Waals surface area contributed by atoms with Crippen molar-refractivity contribution in [1.82, 2.24) is 4.90 Å². The number of amides is 2. The van der Waals surface area contributed by atoms with Gasteiger partial charge in [-0.1, -0.05) is 19.1 Å². The number of rotatable bonds is 4. The van der Waals surface area contributed by atoms with Crippen LogP contribution in [0.25, 0.3) is 0 Å². The second-order valence-corrected chi connectivity index (χ2v) is 5.67. The van der Waals surface area contributed by atoms with Crippen molar-refractivity contribution in [2.45, 2.75) is 51.1 Å². The van der Waals surface area contributed by atoms with E-state index in [2.05, 4.69) is 5.32 Å². The Bertz CT molecular complexity index is 472. The fourth-order valence-corrected chi connectivity index (χ4v) is 2.85. The maximum atomic E-state index is 13.6. The Morgan fingerprint density at radius 1 is 1.33 bits per heavy atom. The van der Waals surface area contributed by atoms with E-state index in [4.69, 9.17) is 5.73 Å². The average molecular weight is 293 g/mol. The molecule has 21 heavy (non-hydrogen) atoms. The summed E-state index contributed by atoms with van der Waals surface area (Å²) < 4.78 is 13.6. The minimum Gasteiger partial charge on any atom is -0.328 e. The van der Waals surface area contributed by atoms with E-state index in [1.807, 2.05) is 11.8 Å². The lowest BCUT2D eigenvalue weighted by Crippen LogP contribution is -2.46. The molecule has 0 saturated heterocycles. The summed E-state index contributed by atoms with van der Waals surface area (Å²) in [5.41, 5.74) is 6.15. The van der Waals surface area contributed by atoms with Gasteiger partial charge in [-0.2, -0.15) is 0 Å². The van der Waals surface area contributed by atoms with E-state index in [0.29, 0.717) is 6.54 Å². The van der Waals surface area contributed by atoms with Gasteiger partial charge in [0.25, 0.3) is 0 Å². The first-order chi connectivity index (χ1) is 10.1. The third-order valence-corrected chi connectivity index (χ3v) is 4.02. The molecule has 0 unspecified atom stereocenters. The van der Waals surface area contributed by atoms with Gasteiger partial charge in [0.15, 0.2) is 0 Å². The Balaban J connectivity index is 2.03. The molecule has 0 spiro atoms. The largest absolute Gasteiger partial charge is 0.328 e. The molecule has 0 bridgehead atoms. The molecular weight excluding hydrogens is 269 g/mol.